The standard InChI is InChI=1S/C24H26N2O5/c1-29-18-7-8-19(21(14-18)30-2)23(27)25-15-16-9-11-26(12-10-16)24(28)22-13-17-5-3-4-6-20(17)31-22/h3-8,13-14,16H,9-12,15H2,1-2H3,(H,25,27). The SMILES string of the molecule is COc1ccc(C(=O)NCC2CCN(C(=O)c3cc4ccccc4o3)CC2)c(OC)c1. The number of hydrogen-bond donors (Lipinski definition) is 1. The number of piperidine rings is 1. The van der Waals surface area contributed by atoms with E-state index in [1.165, 1.54) is 7.11 Å². The number of likely N-dealkylation sites (tertiary alicyclic amines) is 1. The summed E-state index contributed by atoms with van der Waals surface area (Å²) < 4.78 is 16.2. The molecule has 4 rings (SSSR count). The Morgan fingerprint density at radius 1 is 1.06 bits per heavy atom. The Labute approximate surface area is 180 Å². The molecular weight excluding hydrogens is 396 g/mol. The van der Waals surface area contributed by atoms with Crippen LogP contribution in [-0.2, 0) is 0 Å². The van der Waals surface area contributed by atoms with Crippen LogP contribution in [0.25, 0.3) is 11.0 Å². The highest BCUT2D eigenvalue weighted by Crippen LogP contribution is 2.25. The van der Waals surface area contributed by atoms with E-state index in [2.05, 4.69) is 5.32 Å². The van der Waals surface area contributed by atoms with Gasteiger partial charge in [0.2, 0.25) is 0 Å². The van der Waals surface area contributed by atoms with Gasteiger partial charge in [0.1, 0.15) is 17.1 Å². The molecule has 2 amide bonds. The quantitative estimate of drug-likeness (QED) is 0.655. The highest BCUT2D eigenvalue weighted by Gasteiger charge is 2.26. The second-order valence-electron chi connectivity index (χ2n) is 7.66. The molecule has 0 radical (unpaired) electrons. The minimum Gasteiger partial charge on any atom is -0.497 e. The number of carbonyl (C=O) groups is 2. The average Bonchev–Trinajstić information content (AvgIpc) is 3.26. The number of nitrogens with one attached hydrogen (secondary N) is 1. The zero-order valence-corrected chi connectivity index (χ0v) is 17.7. The Morgan fingerprint density at radius 2 is 1.84 bits per heavy atom. The average molecular weight is 422 g/mol. The smallest absolute Gasteiger partial charge is 0.289 e. The highest BCUT2D eigenvalue weighted by molar-refractivity contribution is 5.97. The van der Waals surface area contributed by atoms with Gasteiger partial charge in [-0.05, 0) is 43.0 Å². The van der Waals surface area contributed by atoms with Gasteiger partial charge in [-0.3, -0.25) is 9.59 Å². The third-order valence-electron chi connectivity index (χ3n) is 5.74. The van der Waals surface area contributed by atoms with Crippen molar-refractivity contribution in [1.29, 1.82) is 0 Å². The number of benzene rings is 2. The highest BCUT2D eigenvalue weighted by atomic mass is 16.5. The number of hydrogen-bond acceptors (Lipinski definition) is 5. The van der Waals surface area contributed by atoms with Gasteiger partial charge in [-0.25, -0.2) is 0 Å². The van der Waals surface area contributed by atoms with E-state index < -0.39 is 0 Å². The van der Waals surface area contributed by atoms with Crippen LogP contribution < -0.4 is 14.8 Å². The van der Waals surface area contributed by atoms with Crippen molar-refractivity contribution in [2.45, 2.75) is 12.8 Å². The molecule has 1 aliphatic rings. The number of para-hydroxylation sites is 1. The summed E-state index contributed by atoms with van der Waals surface area (Å²) in [5, 5.41) is 3.92. The summed E-state index contributed by atoms with van der Waals surface area (Å²) in [5.41, 5.74) is 1.19. The summed E-state index contributed by atoms with van der Waals surface area (Å²) in [6, 6.07) is 14.5. The Hall–Kier alpha value is -3.48. The number of carbonyl (C=O) groups excluding carboxylic acids is 2. The van der Waals surface area contributed by atoms with E-state index >= 15 is 0 Å². The molecule has 0 unspecified atom stereocenters. The zero-order valence-electron chi connectivity index (χ0n) is 17.7. The number of methoxy groups -OCH3 is 2. The lowest BCUT2D eigenvalue weighted by Crippen LogP contribution is -2.41. The van der Waals surface area contributed by atoms with Gasteiger partial charge in [0.25, 0.3) is 11.8 Å². The van der Waals surface area contributed by atoms with E-state index in [4.69, 9.17) is 13.9 Å². The number of furan rings is 1. The lowest BCUT2D eigenvalue weighted by atomic mass is 9.96. The van der Waals surface area contributed by atoms with Crippen molar-refractivity contribution in [1.82, 2.24) is 10.2 Å². The molecule has 1 aliphatic heterocycles. The third-order valence-corrected chi connectivity index (χ3v) is 5.74. The predicted molar refractivity (Wildman–Crippen MR) is 117 cm³/mol. The first-order valence-electron chi connectivity index (χ1n) is 10.4. The molecule has 7 heteroatoms. The molecule has 0 aliphatic carbocycles. The molecule has 31 heavy (non-hydrogen) atoms. The second-order valence-corrected chi connectivity index (χ2v) is 7.66. The van der Waals surface area contributed by atoms with Gasteiger partial charge in [0.15, 0.2) is 5.76 Å². The van der Waals surface area contributed by atoms with E-state index in [-0.39, 0.29) is 11.8 Å². The van der Waals surface area contributed by atoms with Crippen molar-refractivity contribution in [2.75, 3.05) is 33.9 Å². The van der Waals surface area contributed by atoms with Gasteiger partial charge < -0.3 is 24.1 Å². The lowest BCUT2D eigenvalue weighted by molar-refractivity contribution is 0.0655. The number of amides is 2. The molecule has 1 aromatic heterocycles. The van der Waals surface area contributed by atoms with Crippen molar-refractivity contribution in [3.05, 3.63) is 59.9 Å². The molecule has 162 valence electrons. The first-order valence-corrected chi connectivity index (χ1v) is 10.4. The summed E-state index contributed by atoms with van der Waals surface area (Å²) >= 11 is 0. The van der Waals surface area contributed by atoms with Crippen LogP contribution in [0.2, 0.25) is 0 Å². The van der Waals surface area contributed by atoms with Crippen LogP contribution in [0.4, 0.5) is 0 Å². The van der Waals surface area contributed by atoms with Crippen molar-refractivity contribution in [3.8, 4) is 11.5 Å². The number of rotatable bonds is 6. The fourth-order valence-electron chi connectivity index (χ4n) is 3.90. The fourth-order valence-corrected chi connectivity index (χ4v) is 3.90. The Bertz CT molecular complexity index is 1050. The predicted octanol–water partition coefficient (Wildman–Crippen LogP) is 3.73. The normalized spacial score (nSPS) is 14.5. The summed E-state index contributed by atoms with van der Waals surface area (Å²) in [5.74, 6) is 1.53. The van der Waals surface area contributed by atoms with Crippen LogP contribution >= 0.6 is 0 Å². The minimum atomic E-state index is -0.180. The number of nitrogens with zero attached hydrogens (tertiary/aromatic N) is 1. The minimum absolute atomic E-state index is 0.0818. The van der Waals surface area contributed by atoms with E-state index in [1.807, 2.05) is 29.2 Å². The molecule has 1 N–H and O–H groups in total. The second kappa shape index (κ2) is 9.12. The molecule has 7 nitrogen and oxygen atoms in total. The summed E-state index contributed by atoms with van der Waals surface area (Å²) in [6.45, 7) is 1.84. The first kappa shape index (κ1) is 20.8. The molecular formula is C24H26N2O5. The van der Waals surface area contributed by atoms with Gasteiger partial charge in [-0.15, -0.1) is 0 Å². The van der Waals surface area contributed by atoms with Crippen LogP contribution in [0.5, 0.6) is 11.5 Å². The summed E-state index contributed by atoms with van der Waals surface area (Å²) in [6.07, 6.45) is 1.65. The maximum atomic E-state index is 12.8. The van der Waals surface area contributed by atoms with E-state index in [0.29, 0.717) is 48.4 Å². The molecule has 0 saturated carbocycles. The number of ether oxygens (including phenoxy) is 2. The van der Waals surface area contributed by atoms with Crippen molar-refractivity contribution in [2.24, 2.45) is 5.92 Å². The van der Waals surface area contributed by atoms with E-state index in [9.17, 15) is 9.59 Å². The molecule has 3 aromatic rings. The van der Waals surface area contributed by atoms with Gasteiger partial charge in [-0.1, -0.05) is 18.2 Å². The summed E-state index contributed by atoms with van der Waals surface area (Å²) in [7, 11) is 3.10. The van der Waals surface area contributed by atoms with E-state index in [0.717, 1.165) is 23.8 Å². The molecule has 0 atom stereocenters. The lowest BCUT2D eigenvalue weighted by Gasteiger charge is -2.31. The van der Waals surface area contributed by atoms with Crippen molar-refractivity contribution >= 4 is 22.8 Å². The molecule has 0 bridgehead atoms. The zero-order chi connectivity index (χ0) is 21.8. The molecule has 2 heterocycles. The molecule has 0 spiro atoms. The van der Waals surface area contributed by atoms with Crippen LogP contribution in [0.15, 0.2) is 52.9 Å². The van der Waals surface area contributed by atoms with Gasteiger partial charge >= 0.3 is 0 Å². The maximum absolute atomic E-state index is 12.8. The molecule has 1 saturated heterocycles. The van der Waals surface area contributed by atoms with Crippen LogP contribution in [-0.4, -0.2) is 50.6 Å². The van der Waals surface area contributed by atoms with Gasteiger partial charge in [-0.2, -0.15) is 0 Å². The number of fused-ring (bicyclic) bond motifs is 1. The first-order chi connectivity index (χ1) is 15.1. The van der Waals surface area contributed by atoms with Crippen LogP contribution in [0.3, 0.4) is 0 Å². The van der Waals surface area contributed by atoms with Gasteiger partial charge in [0.05, 0.1) is 19.8 Å². The van der Waals surface area contributed by atoms with E-state index in [1.54, 1.807) is 31.4 Å². The summed E-state index contributed by atoms with van der Waals surface area (Å²) in [4.78, 5) is 27.2. The fraction of sp³-hybridized carbons (Fsp3) is 0.333. The third kappa shape index (κ3) is 4.50. The molecule has 1 fully saturated rings. The monoisotopic (exact) mass is 422 g/mol. The van der Waals surface area contributed by atoms with Crippen LogP contribution in [0, 0.1) is 5.92 Å². The van der Waals surface area contributed by atoms with Gasteiger partial charge in [0, 0.05) is 31.1 Å². The largest absolute Gasteiger partial charge is 0.497 e. The Kier molecular flexibility index (Phi) is 6.11. The molecule has 2 aromatic carbocycles. The van der Waals surface area contributed by atoms with Crippen molar-refractivity contribution < 1.29 is 23.5 Å². The topological polar surface area (TPSA) is 81.0 Å². The van der Waals surface area contributed by atoms with Crippen molar-refractivity contribution in [3.63, 3.8) is 0 Å². The van der Waals surface area contributed by atoms with Crippen LogP contribution in [0.1, 0.15) is 33.8 Å². The Balaban J connectivity index is 1.30. The Morgan fingerprint density at radius 3 is 2.55 bits per heavy atom. The maximum Gasteiger partial charge on any atom is 0.289 e.